The maximum atomic E-state index is 13.0. The molecule has 0 heterocycles. The van der Waals surface area contributed by atoms with Crippen LogP contribution in [-0.2, 0) is 6.18 Å². The van der Waals surface area contributed by atoms with E-state index < -0.39 is 11.7 Å². The van der Waals surface area contributed by atoms with Crippen molar-refractivity contribution in [3.8, 4) is 0 Å². The van der Waals surface area contributed by atoms with Crippen LogP contribution in [0.3, 0.4) is 0 Å². The van der Waals surface area contributed by atoms with Gasteiger partial charge in [0.2, 0.25) is 0 Å². The Morgan fingerprint density at radius 3 is 2.45 bits per heavy atom. The van der Waals surface area contributed by atoms with Crippen LogP contribution in [0.2, 0.25) is 0 Å². The largest absolute Gasteiger partial charge is 0.418 e. The number of benzene rings is 1. The fraction of sp³-hybridized carbons (Fsp3) is 0.556. The van der Waals surface area contributed by atoms with Gasteiger partial charge >= 0.3 is 6.18 Å². The number of rotatable bonds is 10. The molecular weight excluding hydrogens is 287 g/mol. The van der Waals surface area contributed by atoms with Crippen LogP contribution in [0.5, 0.6) is 0 Å². The Morgan fingerprint density at radius 1 is 1.14 bits per heavy atom. The summed E-state index contributed by atoms with van der Waals surface area (Å²) in [5.74, 6) is 0. The molecule has 22 heavy (non-hydrogen) atoms. The Kier molecular flexibility index (Phi) is 8.07. The predicted molar refractivity (Wildman–Crippen MR) is 87.0 cm³/mol. The average molecular weight is 313 g/mol. The molecule has 0 aliphatic rings. The molecule has 1 N–H and O–H groups in total. The fourth-order valence-electron chi connectivity index (χ4n) is 2.52. The molecule has 0 amide bonds. The van der Waals surface area contributed by atoms with Crippen LogP contribution < -0.4 is 5.32 Å². The highest BCUT2D eigenvalue weighted by atomic mass is 19.4. The third-order valence-electron chi connectivity index (χ3n) is 3.70. The summed E-state index contributed by atoms with van der Waals surface area (Å²) in [4.78, 5) is 0. The molecular formula is C18H26F3N. The summed E-state index contributed by atoms with van der Waals surface area (Å²) in [6.07, 6.45) is 4.72. The van der Waals surface area contributed by atoms with Crippen molar-refractivity contribution in [3.63, 3.8) is 0 Å². The normalized spacial score (nSPS) is 12.9. The standard InChI is InChI=1S/C18H26F3N/c1-3-5-6-7-8-12-15(11-4-2)22-17-14-10-9-13-16(17)18(19,20)21/h4,9-10,13-15,22H,2-3,5-8,11-12H2,1H3. The Bertz CT molecular complexity index is 440. The zero-order valence-electron chi connectivity index (χ0n) is 13.3. The first-order valence-electron chi connectivity index (χ1n) is 8.02. The Hall–Kier alpha value is -1.45. The van der Waals surface area contributed by atoms with Crippen molar-refractivity contribution in [1.29, 1.82) is 0 Å². The van der Waals surface area contributed by atoms with Gasteiger partial charge in [-0.3, -0.25) is 0 Å². The number of para-hydroxylation sites is 1. The van der Waals surface area contributed by atoms with E-state index in [0.29, 0.717) is 6.42 Å². The average Bonchev–Trinajstić information content (AvgIpc) is 2.46. The highest BCUT2D eigenvalue weighted by Crippen LogP contribution is 2.35. The van der Waals surface area contributed by atoms with E-state index in [1.807, 2.05) is 0 Å². The summed E-state index contributed by atoms with van der Waals surface area (Å²) in [5.41, 5.74) is -0.439. The van der Waals surface area contributed by atoms with Gasteiger partial charge in [0.05, 0.1) is 5.56 Å². The molecule has 0 saturated heterocycles. The minimum atomic E-state index is -4.33. The molecule has 1 atom stereocenters. The topological polar surface area (TPSA) is 12.0 Å². The summed E-state index contributed by atoms with van der Waals surface area (Å²) in [6, 6.07) is 5.66. The lowest BCUT2D eigenvalue weighted by Crippen LogP contribution is -2.21. The molecule has 1 unspecified atom stereocenters. The van der Waals surface area contributed by atoms with Gasteiger partial charge in [0.1, 0.15) is 0 Å². The van der Waals surface area contributed by atoms with Crippen LogP contribution in [0.1, 0.15) is 57.4 Å². The van der Waals surface area contributed by atoms with Gasteiger partial charge in [-0.2, -0.15) is 13.2 Å². The van der Waals surface area contributed by atoms with E-state index in [2.05, 4.69) is 18.8 Å². The second-order valence-electron chi connectivity index (χ2n) is 5.61. The molecule has 0 aliphatic carbocycles. The minimum Gasteiger partial charge on any atom is -0.382 e. The Morgan fingerprint density at radius 2 is 1.82 bits per heavy atom. The number of hydrogen-bond donors (Lipinski definition) is 1. The molecule has 1 aromatic rings. The van der Waals surface area contributed by atoms with E-state index in [-0.39, 0.29) is 11.7 Å². The fourth-order valence-corrected chi connectivity index (χ4v) is 2.52. The van der Waals surface area contributed by atoms with Gasteiger partial charge in [-0.15, -0.1) is 6.58 Å². The highest BCUT2D eigenvalue weighted by Gasteiger charge is 2.33. The number of anilines is 1. The molecule has 4 heteroatoms. The first-order chi connectivity index (χ1) is 10.5. The molecule has 0 bridgehead atoms. The van der Waals surface area contributed by atoms with E-state index in [1.165, 1.54) is 31.4 Å². The van der Waals surface area contributed by atoms with Crippen LogP contribution in [-0.4, -0.2) is 6.04 Å². The third kappa shape index (κ3) is 6.54. The lowest BCUT2D eigenvalue weighted by Gasteiger charge is -2.21. The van der Waals surface area contributed by atoms with E-state index in [0.717, 1.165) is 25.3 Å². The number of nitrogens with one attached hydrogen (secondary N) is 1. The van der Waals surface area contributed by atoms with Crippen LogP contribution in [0.25, 0.3) is 0 Å². The van der Waals surface area contributed by atoms with Crippen molar-refractivity contribution in [2.24, 2.45) is 0 Å². The van der Waals surface area contributed by atoms with E-state index >= 15 is 0 Å². The molecule has 0 spiro atoms. The van der Waals surface area contributed by atoms with Crippen LogP contribution in [0, 0.1) is 0 Å². The SMILES string of the molecule is C=CCC(CCCCCCC)Nc1ccccc1C(F)(F)F. The molecule has 0 aliphatic heterocycles. The maximum Gasteiger partial charge on any atom is 0.418 e. The quantitative estimate of drug-likeness (QED) is 0.388. The van der Waals surface area contributed by atoms with Crippen LogP contribution in [0.4, 0.5) is 18.9 Å². The summed E-state index contributed by atoms with van der Waals surface area (Å²) < 4.78 is 39.0. The lowest BCUT2D eigenvalue weighted by atomic mass is 10.0. The molecule has 0 fully saturated rings. The zero-order chi connectivity index (χ0) is 16.4. The number of alkyl halides is 3. The highest BCUT2D eigenvalue weighted by molar-refractivity contribution is 5.53. The van der Waals surface area contributed by atoms with Crippen molar-refractivity contribution in [1.82, 2.24) is 0 Å². The third-order valence-corrected chi connectivity index (χ3v) is 3.70. The van der Waals surface area contributed by atoms with E-state index in [4.69, 9.17) is 0 Å². The van der Waals surface area contributed by atoms with Gasteiger partial charge in [0.15, 0.2) is 0 Å². The van der Waals surface area contributed by atoms with Crippen molar-refractivity contribution in [2.45, 2.75) is 64.1 Å². The van der Waals surface area contributed by atoms with Crippen molar-refractivity contribution in [2.75, 3.05) is 5.32 Å². The monoisotopic (exact) mass is 313 g/mol. The lowest BCUT2D eigenvalue weighted by molar-refractivity contribution is -0.137. The van der Waals surface area contributed by atoms with Gasteiger partial charge in [0, 0.05) is 11.7 Å². The zero-order valence-corrected chi connectivity index (χ0v) is 13.3. The molecule has 0 aromatic heterocycles. The van der Waals surface area contributed by atoms with Crippen molar-refractivity contribution in [3.05, 3.63) is 42.5 Å². The summed E-state index contributed by atoms with van der Waals surface area (Å²) in [7, 11) is 0. The Balaban J connectivity index is 2.65. The molecule has 124 valence electrons. The van der Waals surface area contributed by atoms with E-state index in [9.17, 15) is 13.2 Å². The van der Waals surface area contributed by atoms with Crippen LogP contribution >= 0.6 is 0 Å². The van der Waals surface area contributed by atoms with Gasteiger partial charge < -0.3 is 5.32 Å². The Labute approximate surface area is 131 Å². The predicted octanol–water partition coefficient (Wildman–Crippen LogP) is 6.42. The van der Waals surface area contributed by atoms with Crippen molar-refractivity contribution >= 4 is 5.69 Å². The molecule has 0 saturated carbocycles. The summed E-state index contributed by atoms with van der Waals surface area (Å²) >= 11 is 0. The summed E-state index contributed by atoms with van der Waals surface area (Å²) in [6.45, 7) is 5.87. The first kappa shape index (κ1) is 18.6. The van der Waals surface area contributed by atoms with Gasteiger partial charge in [-0.1, -0.05) is 57.2 Å². The van der Waals surface area contributed by atoms with Gasteiger partial charge in [-0.05, 0) is 25.0 Å². The number of unbranched alkanes of at least 4 members (excludes halogenated alkanes) is 4. The molecule has 1 aromatic carbocycles. The summed E-state index contributed by atoms with van der Waals surface area (Å²) in [5, 5.41) is 3.05. The second-order valence-corrected chi connectivity index (χ2v) is 5.61. The smallest absolute Gasteiger partial charge is 0.382 e. The van der Waals surface area contributed by atoms with Gasteiger partial charge in [-0.25, -0.2) is 0 Å². The number of halogens is 3. The first-order valence-corrected chi connectivity index (χ1v) is 8.02. The second kappa shape index (κ2) is 9.54. The maximum absolute atomic E-state index is 13.0. The molecule has 0 radical (unpaired) electrons. The van der Waals surface area contributed by atoms with E-state index in [1.54, 1.807) is 12.1 Å². The molecule has 1 rings (SSSR count). The van der Waals surface area contributed by atoms with Crippen LogP contribution in [0.15, 0.2) is 36.9 Å². The van der Waals surface area contributed by atoms with Crippen molar-refractivity contribution < 1.29 is 13.2 Å². The number of hydrogen-bond acceptors (Lipinski definition) is 1. The minimum absolute atomic E-state index is 0.00243. The molecule has 1 nitrogen and oxygen atoms in total. The van der Waals surface area contributed by atoms with Gasteiger partial charge in [0.25, 0.3) is 0 Å².